The van der Waals surface area contributed by atoms with E-state index in [0.29, 0.717) is 23.6 Å². The number of ether oxygens (including phenoxy) is 1. The number of fused-ring (bicyclic) bond motifs is 1. The van der Waals surface area contributed by atoms with Crippen LogP contribution in [0.1, 0.15) is 35.0 Å². The smallest absolute Gasteiger partial charge is 0.265 e. The van der Waals surface area contributed by atoms with Crippen LogP contribution in [0.5, 0.6) is 5.75 Å². The van der Waals surface area contributed by atoms with Crippen molar-refractivity contribution in [1.82, 2.24) is 10.5 Å². The first-order valence-electron chi connectivity index (χ1n) is 10.0. The van der Waals surface area contributed by atoms with Crippen LogP contribution in [0.4, 0.5) is 5.69 Å². The molecule has 2 N–H and O–H groups in total. The Morgan fingerprint density at radius 2 is 1.75 bits per heavy atom. The highest BCUT2D eigenvalue weighted by molar-refractivity contribution is 7.93. The van der Waals surface area contributed by atoms with Crippen LogP contribution in [0.15, 0.2) is 65.6 Å². The van der Waals surface area contributed by atoms with Gasteiger partial charge in [0.1, 0.15) is 12.4 Å². The van der Waals surface area contributed by atoms with Gasteiger partial charge in [-0.25, -0.2) is 13.9 Å². The number of benzene rings is 2. The van der Waals surface area contributed by atoms with Crippen molar-refractivity contribution in [3.05, 3.63) is 83.2 Å². The zero-order valence-electron chi connectivity index (χ0n) is 17.6. The number of carbonyl (C=O) groups excluding carboxylic acids is 1. The maximum absolute atomic E-state index is 13.2. The highest BCUT2D eigenvalue weighted by atomic mass is 32.2. The van der Waals surface area contributed by atoms with Gasteiger partial charge in [0.25, 0.3) is 10.0 Å². The van der Waals surface area contributed by atoms with Gasteiger partial charge in [0.2, 0.25) is 5.91 Å². The fraction of sp³-hybridized carbons (Fsp3) is 0.217. The SMILES string of the molecule is Cc1cc(COc2ccc(N3C(CC(=O)NO)c4ccccc4S3(=O)=O)cc2)cc(C)n1. The Hall–Kier alpha value is -3.43. The molecule has 0 aliphatic carbocycles. The summed E-state index contributed by atoms with van der Waals surface area (Å²) in [4.78, 5) is 16.4. The van der Waals surface area contributed by atoms with E-state index in [9.17, 15) is 13.2 Å². The Bertz CT molecular complexity index is 1240. The topological polar surface area (TPSA) is 109 Å². The summed E-state index contributed by atoms with van der Waals surface area (Å²) in [5.41, 5.74) is 5.32. The van der Waals surface area contributed by atoms with E-state index in [2.05, 4.69) is 4.98 Å². The second-order valence-electron chi connectivity index (χ2n) is 7.63. The summed E-state index contributed by atoms with van der Waals surface area (Å²) in [5, 5.41) is 8.97. The molecule has 1 aliphatic rings. The first kappa shape index (κ1) is 21.8. The number of aromatic nitrogens is 1. The third kappa shape index (κ3) is 4.17. The van der Waals surface area contributed by atoms with Gasteiger partial charge in [0.05, 0.1) is 23.0 Å². The number of anilines is 1. The standard InChI is InChI=1S/C23H23N3O5S/c1-15-11-17(12-16(2)24-15)14-31-19-9-7-18(8-10-19)26-21(13-23(27)25-28)20-5-3-4-6-22(20)32(26,29)30/h3-12,21,28H,13-14H2,1-2H3,(H,25,27). The molecule has 1 amide bonds. The lowest BCUT2D eigenvalue weighted by Gasteiger charge is -2.25. The number of hydroxylamine groups is 1. The summed E-state index contributed by atoms with van der Waals surface area (Å²) in [6.07, 6.45) is -0.217. The third-order valence-electron chi connectivity index (χ3n) is 5.24. The maximum atomic E-state index is 13.2. The zero-order valence-corrected chi connectivity index (χ0v) is 18.5. The Labute approximate surface area is 186 Å². The fourth-order valence-electron chi connectivity index (χ4n) is 3.98. The van der Waals surface area contributed by atoms with Crippen LogP contribution in [0, 0.1) is 13.8 Å². The first-order valence-corrected chi connectivity index (χ1v) is 11.5. The molecule has 0 saturated heterocycles. The second kappa shape index (κ2) is 8.60. The van der Waals surface area contributed by atoms with E-state index in [1.165, 1.54) is 10.4 Å². The van der Waals surface area contributed by atoms with Crippen LogP contribution < -0.4 is 14.5 Å². The Morgan fingerprint density at radius 3 is 2.41 bits per heavy atom. The molecule has 1 aliphatic heterocycles. The molecule has 0 saturated carbocycles. The highest BCUT2D eigenvalue weighted by Gasteiger charge is 2.43. The molecule has 1 atom stereocenters. The molecule has 9 heteroatoms. The molecule has 0 radical (unpaired) electrons. The second-order valence-corrected chi connectivity index (χ2v) is 9.42. The van der Waals surface area contributed by atoms with Crippen molar-refractivity contribution in [1.29, 1.82) is 0 Å². The van der Waals surface area contributed by atoms with E-state index in [1.54, 1.807) is 47.9 Å². The molecule has 166 valence electrons. The van der Waals surface area contributed by atoms with Crippen molar-refractivity contribution in [2.45, 2.75) is 37.8 Å². The quantitative estimate of drug-likeness (QED) is 0.437. The van der Waals surface area contributed by atoms with Gasteiger partial charge in [-0.15, -0.1) is 0 Å². The van der Waals surface area contributed by atoms with Crippen molar-refractivity contribution >= 4 is 21.6 Å². The van der Waals surface area contributed by atoms with E-state index in [4.69, 9.17) is 9.94 Å². The van der Waals surface area contributed by atoms with Gasteiger partial charge < -0.3 is 4.74 Å². The van der Waals surface area contributed by atoms with Crippen LogP contribution in [-0.2, 0) is 21.4 Å². The van der Waals surface area contributed by atoms with Crippen LogP contribution in [0.3, 0.4) is 0 Å². The van der Waals surface area contributed by atoms with E-state index < -0.39 is 22.0 Å². The predicted molar refractivity (Wildman–Crippen MR) is 118 cm³/mol. The van der Waals surface area contributed by atoms with Gasteiger partial charge >= 0.3 is 0 Å². The lowest BCUT2D eigenvalue weighted by molar-refractivity contribution is -0.129. The monoisotopic (exact) mass is 453 g/mol. The van der Waals surface area contributed by atoms with E-state index >= 15 is 0 Å². The lowest BCUT2D eigenvalue weighted by Crippen LogP contribution is -2.32. The minimum Gasteiger partial charge on any atom is -0.489 e. The van der Waals surface area contributed by atoms with Crippen molar-refractivity contribution in [3.8, 4) is 5.75 Å². The lowest BCUT2D eigenvalue weighted by atomic mass is 10.0. The Morgan fingerprint density at radius 1 is 1.09 bits per heavy atom. The molecule has 1 aromatic heterocycles. The van der Waals surface area contributed by atoms with Crippen molar-refractivity contribution in [2.75, 3.05) is 4.31 Å². The van der Waals surface area contributed by atoms with Crippen molar-refractivity contribution in [3.63, 3.8) is 0 Å². The molecule has 0 bridgehead atoms. The van der Waals surface area contributed by atoms with E-state index in [1.807, 2.05) is 26.0 Å². The summed E-state index contributed by atoms with van der Waals surface area (Å²) in [7, 11) is -3.86. The Balaban J connectivity index is 1.59. The number of hydrogen-bond donors (Lipinski definition) is 2. The third-order valence-corrected chi connectivity index (χ3v) is 7.15. The molecule has 8 nitrogen and oxygen atoms in total. The number of carbonyl (C=O) groups is 1. The molecular formula is C23H23N3O5S. The van der Waals surface area contributed by atoms with Crippen LogP contribution in [-0.4, -0.2) is 24.5 Å². The summed E-state index contributed by atoms with van der Waals surface area (Å²) < 4.78 is 33.5. The van der Waals surface area contributed by atoms with Crippen LogP contribution in [0.25, 0.3) is 0 Å². The molecule has 1 unspecified atom stereocenters. The largest absolute Gasteiger partial charge is 0.489 e. The molecule has 2 aromatic carbocycles. The average molecular weight is 454 g/mol. The van der Waals surface area contributed by atoms with Crippen molar-refractivity contribution < 1.29 is 23.2 Å². The molecule has 0 fully saturated rings. The summed E-state index contributed by atoms with van der Waals surface area (Å²) in [5.74, 6) is -0.0885. The summed E-state index contributed by atoms with van der Waals surface area (Å²) in [6, 6.07) is 16.4. The Kier molecular flexibility index (Phi) is 5.86. The minimum atomic E-state index is -3.86. The number of amides is 1. The average Bonchev–Trinajstić information content (AvgIpc) is 2.98. The number of aryl methyl sites for hydroxylation is 2. The fourth-order valence-corrected chi connectivity index (χ4v) is 5.87. The molecule has 3 aromatic rings. The highest BCUT2D eigenvalue weighted by Crippen LogP contribution is 2.44. The van der Waals surface area contributed by atoms with E-state index in [0.717, 1.165) is 17.0 Å². The van der Waals surface area contributed by atoms with E-state index in [-0.39, 0.29) is 11.3 Å². The predicted octanol–water partition coefficient (Wildman–Crippen LogP) is 3.42. The molecule has 2 heterocycles. The van der Waals surface area contributed by atoms with Crippen LogP contribution in [0.2, 0.25) is 0 Å². The van der Waals surface area contributed by atoms with Crippen LogP contribution >= 0.6 is 0 Å². The van der Waals surface area contributed by atoms with Gasteiger partial charge in [-0.2, -0.15) is 0 Å². The van der Waals surface area contributed by atoms with Crippen molar-refractivity contribution in [2.24, 2.45) is 0 Å². The van der Waals surface area contributed by atoms with Gasteiger partial charge in [-0.1, -0.05) is 18.2 Å². The minimum absolute atomic E-state index is 0.152. The summed E-state index contributed by atoms with van der Waals surface area (Å²) >= 11 is 0. The molecule has 4 rings (SSSR count). The molecule has 0 spiro atoms. The summed E-state index contributed by atoms with van der Waals surface area (Å²) in [6.45, 7) is 4.21. The maximum Gasteiger partial charge on any atom is 0.265 e. The number of rotatable bonds is 6. The van der Waals surface area contributed by atoms with Gasteiger partial charge in [-0.3, -0.25) is 19.3 Å². The number of nitrogens with one attached hydrogen (secondary N) is 1. The first-order chi connectivity index (χ1) is 15.3. The number of hydrogen-bond acceptors (Lipinski definition) is 6. The van der Waals surface area contributed by atoms with Gasteiger partial charge in [0.15, 0.2) is 0 Å². The zero-order chi connectivity index (χ0) is 22.9. The number of sulfonamides is 1. The van der Waals surface area contributed by atoms with Gasteiger partial charge in [-0.05, 0) is 67.4 Å². The molecule has 32 heavy (non-hydrogen) atoms. The molecular weight excluding hydrogens is 430 g/mol. The number of nitrogens with zero attached hydrogens (tertiary/aromatic N) is 2. The number of pyridine rings is 1. The normalized spacial score (nSPS) is 16.5. The van der Waals surface area contributed by atoms with Gasteiger partial charge in [0, 0.05) is 11.4 Å².